The first-order chi connectivity index (χ1) is 12.7. The van der Waals surface area contributed by atoms with Gasteiger partial charge in [-0.25, -0.2) is 4.98 Å². The summed E-state index contributed by atoms with van der Waals surface area (Å²) in [6, 6.07) is 10.4. The third-order valence-electron chi connectivity index (χ3n) is 6.17. The zero-order valence-electron chi connectivity index (χ0n) is 15.6. The Kier molecular flexibility index (Phi) is 4.81. The van der Waals surface area contributed by atoms with Crippen LogP contribution in [0.4, 0.5) is 0 Å². The van der Waals surface area contributed by atoms with Gasteiger partial charge in [-0.2, -0.15) is 0 Å². The highest BCUT2D eigenvalue weighted by Crippen LogP contribution is 2.40. The number of carbonyl (C=O) groups excluding carboxylic acids is 1. The monoisotopic (exact) mass is 352 g/mol. The maximum absolute atomic E-state index is 12.6. The van der Waals surface area contributed by atoms with Gasteiger partial charge in [-0.3, -0.25) is 9.69 Å². The third-order valence-corrected chi connectivity index (χ3v) is 6.17. The standard InChI is InChI=1S/C21H28N4O/c1-23-17-22-14-19(23)16-24-12-5-9-21(11-13-24)10-8-20(26)25(21)15-18-6-3-2-4-7-18/h2-4,6-7,14,17H,5,8-13,15-16H2,1H3. The average molecular weight is 352 g/mol. The SMILES string of the molecule is Cn1cncc1CN1CCCC2(CCC(=O)N2Cc2ccccc2)CC1. The highest BCUT2D eigenvalue weighted by atomic mass is 16.2. The van der Waals surface area contributed by atoms with E-state index in [0.717, 1.165) is 51.9 Å². The maximum Gasteiger partial charge on any atom is 0.223 e. The molecule has 3 heterocycles. The summed E-state index contributed by atoms with van der Waals surface area (Å²) in [4.78, 5) is 21.6. The molecule has 0 saturated carbocycles. The van der Waals surface area contributed by atoms with E-state index in [4.69, 9.17) is 0 Å². The molecule has 5 nitrogen and oxygen atoms in total. The molecule has 5 heteroatoms. The van der Waals surface area contributed by atoms with Gasteiger partial charge in [0.15, 0.2) is 0 Å². The van der Waals surface area contributed by atoms with Crippen LogP contribution in [0.5, 0.6) is 0 Å². The molecule has 2 aromatic rings. The maximum atomic E-state index is 12.6. The van der Waals surface area contributed by atoms with E-state index in [9.17, 15) is 4.79 Å². The van der Waals surface area contributed by atoms with Gasteiger partial charge in [-0.1, -0.05) is 30.3 Å². The van der Waals surface area contributed by atoms with Crippen molar-refractivity contribution in [3.63, 3.8) is 0 Å². The van der Waals surface area contributed by atoms with Crippen molar-refractivity contribution in [3.8, 4) is 0 Å². The van der Waals surface area contributed by atoms with Gasteiger partial charge in [0.25, 0.3) is 0 Å². The molecule has 1 unspecified atom stereocenters. The molecule has 1 spiro atoms. The van der Waals surface area contributed by atoms with Gasteiger partial charge < -0.3 is 9.47 Å². The zero-order valence-corrected chi connectivity index (χ0v) is 15.6. The molecule has 1 aromatic carbocycles. The summed E-state index contributed by atoms with van der Waals surface area (Å²) in [5.41, 5.74) is 2.54. The molecule has 0 radical (unpaired) electrons. The van der Waals surface area contributed by atoms with E-state index < -0.39 is 0 Å². The largest absolute Gasteiger partial charge is 0.337 e. The number of benzene rings is 1. The third kappa shape index (κ3) is 3.40. The molecule has 2 aliphatic rings. The number of hydrogen-bond donors (Lipinski definition) is 0. The second-order valence-corrected chi connectivity index (χ2v) is 7.82. The Morgan fingerprint density at radius 3 is 2.69 bits per heavy atom. The fourth-order valence-corrected chi connectivity index (χ4v) is 4.57. The predicted molar refractivity (Wildman–Crippen MR) is 101 cm³/mol. The number of imidazole rings is 1. The van der Waals surface area contributed by atoms with Gasteiger partial charge in [0, 0.05) is 44.8 Å². The van der Waals surface area contributed by atoms with Crippen LogP contribution in [0.2, 0.25) is 0 Å². The van der Waals surface area contributed by atoms with Crippen LogP contribution < -0.4 is 0 Å². The summed E-state index contributed by atoms with van der Waals surface area (Å²) in [6.07, 6.45) is 8.88. The van der Waals surface area contributed by atoms with Gasteiger partial charge in [-0.15, -0.1) is 0 Å². The van der Waals surface area contributed by atoms with Crippen molar-refractivity contribution in [3.05, 3.63) is 54.1 Å². The molecule has 1 amide bonds. The molecule has 0 N–H and O–H groups in total. The van der Waals surface area contributed by atoms with Crippen LogP contribution >= 0.6 is 0 Å². The Bertz CT molecular complexity index is 756. The second-order valence-electron chi connectivity index (χ2n) is 7.82. The Labute approximate surface area is 155 Å². The lowest BCUT2D eigenvalue weighted by molar-refractivity contribution is -0.132. The van der Waals surface area contributed by atoms with Gasteiger partial charge in [0.2, 0.25) is 5.91 Å². The van der Waals surface area contributed by atoms with Crippen molar-refractivity contribution in [1.82, 2.24) is 19.4 Å². The molecule has 0 bridgehead atoms. The number of rotatable bonds is 4. The molecular weight excluding hydrogens is 324 g/mol. The Balaban J connectivity index is 1.47. The summed E-state index contributed by atoms with van der Waals surface area (Å²) in [5, 5.41) is 0. The summed E-state index contributed by atoms with van der Waals surface area (Å²) < 4.78 is 2.10. The molecule has 26 heavy (non-hydrogen) atoms. The Hall–Kier alpha value is -2.14. The van der Waals surface area contributed by atoms with Crippen molar-refractivity contribution >= 4 is 5.91 Å². The molecular formula is C21H28N4O. The normalized spacial score (nSPS) is 24.3. The lowest BCUT2D eigenvalue weighted by Crippen LogP contribution is -2.45. The number of amides is 1. The molecule has 1 aromatic heterocycles. The van der Waals surface area contributed by atoms with Crippen LogP contribution in [0, 0.1) is 0 Å². The van der Waals surface area contributed by atoms with Gasteiger partial charge in [0.05, 0.1) is 12.0 Å². The molecule has 138 valence electrons. The van der Waals surface area contributed by atoms with E-state index in [1.807, 2.05) is 18.6 Å². The minimum Gasteiger partial charge on any atom is -0.337 e. The minimum absolute atomic E-state index is 0.0497. The van der Waals surface area contributed by atoms with Crippen LogP contribution in [0.25, 0.3) is 0 Å². The topological polar surface area (TPSA) is 41.4 Å². The zero-order chi connectivity index (χ0) is 18.0. The second kappa shape index (κ2) is 7.23. The number of likely N-dealkylation sites (tertiary alicyclic amines) is 2. The first-order valence-corrected chi connectivity index (χ1v) is 9.68. The highest BCUT2D eigenvalue weighted by molar-refractivity contribution is 5.79. The van der Waals surface area contributed by atoms with Crippen LogP contribution in [-0.4, -0.2) is 43.9 Å². The molecule has 2 fully saturated rings. The molecule has 2 aliphatic heterocycles. The smallest absolute Gasteiger partial charge is 0.223 e. The Morgan fingerprint density at radius 1 is 1.08 bits per heavy atom. The van der Waals surface area contributed by atoms with E-state index >= 15 is 0 Å². The number of nitrogens with zero attached hydrogens (tertiary/aromatic N) is 4. The van der Waals surface area contributed by atoms with Crippen molar-refractivity contribution < 1.29 is 4.79 Å². The fourth-order valence-electron chi connectivity index (χ4n) is 4.57. The van der Waals surface area contributed by atoms with E-state index in [0.29, 0.717) is 12.3 Å². The number of aromatic nitrogens is 2. The van der Waals surface area contributed by atoms with Crippen LogP contribution in [0.1, 0.15) is 43.4 Å². The number of aryl methyl sites for hydroxylation is 1. The summed E-state index contributed by atoms with van der Waals surface area (Å²) >= 11 is 0. The summed E-state index contributed by atoms with van der Waals surface area (Å²) in [7, 11) is 2.05. The lowest BCUT2D eigenvalue weighted by Gasteiger charge is -2.38. The average Bonchev–Trinajstić information content (AvgIpc) is 3.10. The fraction of sp³-hybridized carbons (Fsp3) is 0.524. The van der Waals surface area contributed by atoms with Crippen LogP contribution in [0.15, 0.2) is 42.9 Å². The van der Waals surface area contributed by atoms with Crippen molar-refractivity contribution in [2.24, 2.45) is 7.05 Å². The lowest BCUT2D eigenvalue weighted by atomic mass is 9.87. The van der Waals surface area contributed by atoms with Crippen LogP contribution in [0.3, 0.4) is 0 Å². The van der Waals surface area contributed by atoms with E-state index in [2.05, 4.69) is 50.7 Å². The van der Waals surface area contributed by atoms with Gasteiger partial charge in [0.1, 0.15) is 0 Å². The minimum atomic E-state index is 0.0497. The number of hydrogen-bond acceptors (Lipinski definition) is 3. The van der Waals surface area contributed by atoms with Crippen molar-refractivity contribution in [2.45, 2.75) is 50.7 Å². The van der Waals surface area contributed by atoms with Crippen LogP contribution in [-0.2, 0) is 24.9 Å². The molecule has 1 atom stereocenters. The van der Waals surface area contributed by atoms with Crippen molar-refractivity contribution in [2.75, 3.05) is 13.1 Å². The highest BCUT2D eigenvalue weighted by Gasteiger charge is 2.45. The summed E-state index contributed by atoms with van der Waals surface area (Å²) in [6.45, 7) is 3.84. The van der Waals surface area contributed by atoms with E-state index in [1.54, 1.807) is 0 Å². The molecule has 0 aliphatic carbocycles. The predicted octanol–water partition coefficient (Wildman–Crippen LogP) is 2.97. The van der Waals surface area contributed by atoms with E-state index in [1.165, 1.54) is 11.3 Å². The Morgan fingerprint density at radius 2 is 1.92 bits per heavy atom. The van der Waals surface area contributed by atoms with Crippen molar-refractivity contribution in [1.29, 1.82) is 0 Å². The number of carbonyl (C=O) groups is 1. The van der Waals surface area contributed by atoms with Gasteiger partial charge in [-0.05, 0) is 37.8 Å². The molecule has 4 rings (SSSR count). The van der Waals surface area contributed by atoms with Gasteiger partial charge >= 0.3 is 0 Å². The van der Waals surface area contributed by atoms with E-state index in [-0.39, 0.29) is 5.54 Å². The first-order valence-electron chi connectivity index (χ1n) is 9.68. The molecule has 2 saturated heterocycles. The quantitative estimate of drug-likeness (QED) is 0.849. The first kappa shape index (κ1) is 17.3. The summed E-state index contributed by atoms with van der Waals surface area (Å²) in [5.74, 6) is 0.328.